The summed E-state index contributed by atoms with van der Waals surface area (Å²) in [7, 11) is 0. The number of aliphatic hydroxyl groups excluding tert-OH is 3. The molecule has 6 heteroatoms. The fourth-order valence-corrected chi connectivity index (χ4v) is 1.63. The van der Waals surface area contributed by atoms with Gasteiger partial charge in [-0.1, -0.05) is 18.2 Å². The lowest BCUT2D eigenvalue weighted by Gasteiger charge is -2.32. The lowest BCUT2D eigenvalue weighted by molar-refractivity contribution is -0.160. The van der Waals surface area contributed by atoms with Gasteiger partial charge in [-0.15, -0.1) is 19.7 Å². The topological polar surface area (TPSA) is 88.4 Å². The molecule has 0 heterocycles. The van der Waals surface area contributed by atoms with Crippen molar-refractivity contribution in [2.24, 2.45) is 0 Å². The highest BCUT2D eigenvalue weighted by atomic mass is 16.6. The third-order valence-electron chi connectivity index (χ3n) is 2.64. The summed E-state index contributed by atoms with van der Waals surface area (Å²) in [4.78, 5) is 0. The van der Waals surface area contributed by atoms with Crippen molar-refractivity contribution in [1.82, 2.24) is 0 Å². The summed E-state index contributed by atoms with van der Waals surface area (Å²) in [6.45, 7) is 10.9. The number of aliphatic hydroxyl groups is 3. The molecule has 0 unspecified atom stereocenters. The molecule has 0 aliphatic heterocycles. The Morgan fingerprint density at radius 3 is 2.00 bits per heavy atom. The largest absolute Gasteiger partial charge is 0.394 e. The molecular weight excluding hydrogens is 276 g/mol. The molecule has 0 bridgehead atoms. The number of hydrogen-bond donors (Lipinski definition) is 3. The maximum absolute atomic E-state index is 10.1. The monoisotopic (exact) mass is 302 g/mol. The van der Waals surface area contributed by atoms with Gasteiger partial charge in [-0.25, -0.2) is 0 Å². The highest BCUT2D eigenvalue weighted by molar-refractivity contribution is 4.85. The van der Waals surface area contributed by atoms with E-state index in [2.05, 4.69) is 19.7 Å². The van der Waals surface area contributed by atoms with Gasteiger partial charge in [0.25, 0.3) is 0 Å². The first kappa shape index (κ1) is 20.0. The van der Waals surface area contributed by atoms with E-state index in [9.17, 15) is 10.2 Å². The van der Waals surface area contributed by atoms with Gasteiger partial charge in [-0.05, 0) is 0 Å². The van der Waals surface area contributed by atoms with Crippen molar-refractivity contribution >= 4 is 0 Å². The molecule has 0 saturated carbocycles. The first-order valence-electron chi connectivity index (χ1n) is 6.72. The van der Waals surface area contributed by atoms with Crippen molar-refractivity contribution in [3.63, 3.8) is 0 Å². The Kier molecular flexibility index (Phi) is 12.1. The Morgan fingerprint density at radius 2 is 1.48 bits per heavy atom. The first-order chi connectivity index (χ1) is 10.1. The Bertz CT molecular complexity index is 294. The van der Waals surface area contributed by atoms with Crippen LogP contribution in [0.1, 0.15) is 0 Å². The van der Waals surface area contributed by atoms with Crippen LogP contribution >= 0.6 is 0 Å². The van der Waals surface area contributed by atoms with E-state index < -0.39 is 31.0 Å². The molecule has 21 heavy (non-hydrogen) atoms. The maximum atomic E-state index is 10.1. The molecule has 4 atom stereocenters. The Balaban J connectivity index is 4.88. The van der Waals surface area contributed by atoms with Gasteiger partial charge in [0, 0.05) is 0 Å². The predicted molar refractivity (Wildman–Crippen MR) is 80.0 cm³/mol. The molecule has 0 amide bonds. The summed E-state index contributed by atoms with van der Waals surface area (Å²) in [5, 5.41) is 28.6. The SMILES string of the molecule is C=CCOC[C@H](OCC=C)[C@@H](OCC=C)[C@H](O)[C@H](O)CO. The Hall–Kier alpha value is -1.02. The zero-order chi connectivity index (χ0) is 16.1. The summed E-state index contributed by atoms with van der Waals surface area (Å²) in [5.41, 5.74) is 0. The molecule has 3 N–H and O–H groups in total. The molecule has 0 radical (unpaired) electrons. The third-order valence-corrected chi connectivity index (χ3v) is 2.64. The predicted octanol–water partition coefficient (Wildman–Crippen LogP) is 0.0455. The van der Waals surface area contributed by atoms with Gasteiger partial charge >= 0.3 is 0 Å². The van der Waals surface area contributed by atoms with Crippen LogP contribution < -0.4 is 0 Å². The molecule has 0 spiro atoms. The van der Waals surface area contributed by atoms with E-state index in [4.69, 9.17) is 19.3 Å². The van der Waals surface area contributed by atoms with Gasteiger partial charge in [0.1, 0.15) is 24.4 Å². The van der Waals surface area contributed by atoms with E-state index in [-0.39, 0.29) is 19.8 Å². The van der Waals surface area contributed by atoms with Crippen LogP contribution in [0.4, 0.5) is 0 Å². The van der Waals surface area contributed by atoms with Crippen LogP contribution in [0.25, 0.3) is 0 Å². The second-order valence-corrected chi connectivity index (χ2v) is 4.31. The molecule has 6 nitrogen and oxygen atoms in total. The van der Waals surface area contributed by atoms with Gasteiger partial charge in [0.15, 0.2) is 0 Å². The maximum Gasteiger partial charge on any atom is 0.115 e. The minimum atomic E-state index is -1.34. The van der Waals surface area contributed by atoms with E-state index in [1.165, 1.54) is 6.08 Å². The zero-order valence-corrected chi connectivity index (χ0v) is 12.3. The molecule has 0 aliphatic carbocycles. The van der Waals surface area contributed by atoms with E-state index >= 15 is 0 Å². The van der Waals surface area contributed by atoms with Crippen molar-refractivity contribution in [2.75, 3.05) is 33.0 Å². The molecule has 0 aromatic heterocycles. The number of ether oxygens (including phenoxy) is 3. The highest BCUT2D eigenvalue weighted by Crippen LogP contribution is 2.14. The fraction of sp³-hybridized carbons (Fsp3) is 0.600. The van der Waals surface area contributed by atoms with E-state index in [0.717, 1.165) is 0 Å². The van der Waals surface area contributed by atoms with Crippen molar-refractivity contribution in [3.8, 4) is 0 Å². The molecule has 0 aliphatic rings. The highest BCUT2D eigenvalue weighted by Gasteiger charge is 2.34. The molecule has 0 rings (SSSR count). The lowest BCUT2D eigenvalue weighted by atomic mass is 10.0. The zero-order valence-electron chi connectivity index (χ0n) is 12.3. The molecule has 0 aromatic carbocycles. The van der Waals surface area contributed by atoms with Crippen molar-refractivity contribution in [2.45, 2.75) is 24.4 Å². The second-order valence-electron chi connectivity index (χ2n) is 4.31. The molecule has 122 valence electrons. The molecule has 0 saturated heterocycles. The summed E-state index contributed by atoms with van der Waals surface area (Å²) in [5.74, 6) is 0. The summed E-state index contributed by atoms with van der Waals surface area (Å²) < 4.78 is 16.3. The summed E-state index contributed by atoms with van der Waals surface area (Å²) in [6, 6.07) is 0. The van der Waals surface area contributed by atoms with Gasteiger partial charge in [0.2, 0.25) is 0 Å². The van der Waals surface area contributed by atoms with Crippen LogP contribution in [0.3, 0.4) is 0 Å². The summed E-state index contributed by atoms with van der Waals surface area (Å²) >= 11 is 0. The van der Waals surface area contributed by atoms with Gasteiger partial charge < -0.3 is 29.5 Å². The smallest absolute Gasteiger partial charge is 0.115 e. The Morgan fingerprint density at radius 1 is 0.905 bits per heavy atom. The fourth-order valence-electron chi connectivity index (χ4n) is 1.63. The van der Waals surface area contributed by atoms with E-state index in [0.29, 0.717) is 6.61 Å². The second kappa shape index (κ2) is 12.7. The van der Waals surface area contributed by atoms with Crippen molar-refractivity contribution < 1.29 is 29.5 Å². The minimum absolute atomic E-state index is 0.136. The third kappa shape index (κ3) is 8.11. The standard InChI is InChI=1S/C15H26O6/c1-4-7-19-11-13(20-8-5-2)15(21-9-6-3)14(18)12(17)10-16/h4-6,12-18H,1-3,7-11H2/t12-,13+,14-,15-/m1/s1. The van der Waals surface area contributed by atoms with Gasteiger partial charge in [-0.3, -0.25) is 0 Å². The lowest BCUT2D eigenvalue weighted by Crippen LogP contribution is -2.50. The van der Waals surface area contributed by atoms with Crippen molar-refractivity contribution in [1.29, 1.82) is 0 Å². The number of hydrogen-bond acceptors (Lipinski definition) is 6. The average molecular weight is 302 g/mol. The van der Waals surface area contributed by atoms with Gasteiger partial charge in [0.05, 0.1) is 33.0 Å². The minimum Gasteiger partial charge on any atom is -0.394 e. The van der Waals surface area contributed by atoms with Crippen LogP contribution in [0.15, 0.2) is 38.0 Å². The van der Waals surface area contributed by atoms with Crippen LogP contribution in [0.2, 0.25) is 0 Å². The van der Waals surface area contributed by atoms with E-state index in [1.54, 1.807) is 12.2 Å². The molecule has 0 fully saturated rings. The van der Waals surface area contributed by atoms with Crippen molar-refractivity contribution in [3.05, 3.63) is 38.0 Å². The van der Waals surface area contributed by atoms with Gasteiger partial charge in [-0.2, -0.15) is 0 Å². The molecular formula is C15H26O6. The van der Waals surface area contributed by atoms with Crippen LogP contribution in [0.5, 0.6) is 0 Å². The quantitative estimate of drug-likeness (QED) is 0.310. The summed E-state index contributed by atoms with van der Waals surface area (Å²) in [6.07, 6.45) is 0.476. The normalized spacial score (nSPS) is 16.7. The number of rotatable bonds is 14. The average Bonchev–Trinajstić information content (AvgIpc) is 2.51. The van der Waals surface area contributed by atoms with Crippen LogP contribution in [0, 0.1) is 0 Å². The Labute approximate surface area is 126 Å². The van der Waals surface area contributed by atoms with Crippen LogP contribution in [-0.4, -0.2) is 72.8 Å². The van der Waals surface area contributed by atoms with Crippen LogP contribution in [-0.2, 0) is 14.2 Å². The molecule has 0 aromatic rings. The van der Waals surface area contributed by atoms with E-state index in [1.807, 2.05) is 0 Å². The first-order valence-corrected chi connectivity index (χ1v) is 6.72.